The molecule has 0 aliphatic heterocycles. The van der Waals surface area contributed by atoms with Crippen molar-refractivity contribution in [1.29, 1.82) is 0 Å². The number of nitrogens with one attached hydrogen (secondary N) is 2. The van der Waals surface area contributed by atoms with E-state index >= 15 is 0 Å². The minimum atomic E-state index is 0. The van der Waals surface area contributed by atoms with Gasteiger partial charge in [0.15, 0.2) is 5.96 Å². The summed E-state index contributed by atoms with van der Waals surface area (Å²) < 4.78 is 0. The summed E-state index contributed by atoms with van der Waals surface area (Å²) in [6.07, 6.45) is 5.20. The molecule has 4 nitrogen and oxygen atoms in total. The van der Waals surface area contributed by atoms with Crippen LogP contribution in [-0.4, -0.2) is 38.7 Å². The first kappa shape index (κ1) is 19.1. The van der Waals surface area contributed by atoms with Crippen molar-refractivity contribution in [1.82, 2.24) is 10.6 Å². The van der Waals surface area contributed by atoms with Crippen LogP contribution < -0.4 is 15.5 Å². The van der Waals surface area contributed by atoms with E-state index < -0.39 is 0 Å². The summed E-state index contributed by atoms with van der Waals surface area (Å²) in [4.78, 5) is 6.62. The molecule has 1 unspecified atom stereocenters. The van der Waals surface area contributed by atoms with Crippen LogP contribution in [0.4, 0.5) is 5.69 Å². The number of halogens is 1. The summed E-state index contributed by atoms with van der Waals surface area (Å²) >= 11 is 0. The molecule has 0 radical (unpaired) electrons. The molecule has 1 aliphatic carbocycles. The standard InChI is InChI=1S/C17H28N4.HI/c1-14(21(3)16-11-5-4-6-12-16)13-19-17(18-2)20-15-9-7-8-10-15;/h4-6,11-12,14-15H,7-10,13H2,1-3H3,(H2,18,19,20);1H. The van der Waals surface area contributed by atoms with Gasteiger partial charge in [-0.1, -0.05) is 31.0 Å². The fourth-order valence-electron chi connectivity index (χ4n) is 2.76. The highest BCUT2D eigenvalue weighted by Crippen LogP contribution is 2.17. The first-order valence-corrected chi connectivity index (χ1v) is 7.95. The van der Waals surface area contributed by atoms with Crippen LogP contribution in [0.25, 0.3) is 0 Å². The minimum Gasteiger partial charge on any atom is -0.370 e. The molecule has 5 heteroatoms. The zero-order chi connectivity index (χ0) is 15.1. The fourth-order valence-corrected chi connectivity index (χ4v) is 2.76. The molecule has 1 aromatic carbocycles. The third-order valence-electron chi connectivity index (χ3n) is 4.31. The quantitative estimate of drug-likeness (QED) is 0.440. The molecule has 1 atom stereocenters. The van der Waals surface area contributed by atoms with E-state index in [1.807, 2.05) is 13.1 Å². The summed E-state index contributed by atoms with van der Waals surface area (Å²) in [5.41, 5.74) is 1.24. The smallest absolute Gasteiger partial charge is 0.191 e. The van der Waals surface area contributed by atoms with Gasteiger partial charge in [0.25, 0.3) is 0 Å². The zero-order valence-electron chi connectivity index (χ0n) is 13.9. The van der Waals surface area contributed by atoms with Crippen LogP contribution in [0.1, 0.15) is 32.6 Å². The highest BCUT2D eigenvalue weighted by molar-refractivity contribution is 14.0. The van der Waals surface area contributed by atoms with E-state index in [0.717, 1.165) is 12.5 Å². The summed E-state index contributed by atoms with van der Waals surface area (Å²) in [7, 11) is 3.98. The third-order valence-corrected chi connectivity index (χ3v) is 4.31. The summed E-state index contributed by atoms with van der Waals surface area (Å²) in [6, 6.07) is 11.5. The van der Waals surface area contributed by atoms with Crippen LogP contribution in [0.3, 0.4) is 0 Å². The molecule has 1 aliphatic rings. The highest BCUT2D eigenvalue weighted by Gasteiger charge is 2.16. The Bertz CT molecular complexity index is 443. The molecular formula is C17H29IN4. The lowest BCUT2D eigenvalue weighted by Crippen LogP contribution is -2.47. The number of para-hydroxylation sites is 1. The van der Waals surface area contributed by atoms with Gasteiger partial charge in [0.05, 0.1) is 0 Å². The SMILES string of the molecule is CN=C(NCC(C)N(C)c1ccccc1)NC1CCCC1.I. The van der Waals surface area contributed by atoms with Gasteiger partial charge in [-0.15, -0.1) is 24.0 Å². The van der Waals surface area contributed by atoms with Gasteiger partial charge in [-0.3, -0.25) is 4.99 Å². The Morgan fingerprint density at radius 1 is 1.27 bits per heavy atom. The van der Waals surface area contributed by atoms with Gasteiger partial charge < -0.3 is 15.5 Å². The number of rotatable bonds is 5. The van der Waals surface area contributed by atoms with Crippen molar-refractivity contribution in [2.45, 2.75) is 44.7 Å². The number of hydrogen-bond donors (Lipinski definition) is 2. The average molecular weight is 416 g/mol. The zero-order valence-corrected chi connectivity index (χ0v) is 16.2. The number of likely N-dealkylation sites (N-methyl/N-ethyl adjacent to an activating group) is 1. The molecule has 1 aromatic rings. The molecule has 2 N–H and O–H groups in total. The number of benzene rings is 1. The second-order valence-corrected chi connectivity index (χ2v) is 5.87. The Balaban J connectivity index is 0.00000242. The fraction of sp³-hybridized carbons (Fsp3) is 0.588. The molecule has 1 saturated carbocycles. The van der Waals surface area contributed by atoms with Gasteiger partial charge >= 0.3 is 0 Å². The summed E-state index contributed by atoms with van der Waals surface area (Å²) in [6.45, 7) is 3.10. The van der Waals surface area contributed by atoms with Gasteiger partial charge in [-0.2, -0.15) is 0 Å². The first-order valence-electron chi connectivity index (χ1n) is 7.95. The monoisotopic (exact) mass is 416 g/mol. The predicted octanol–water partition coefficient (Wildman–Crippen LogP) is 3.24. The van der Waals surface area contributed by atoms with Gasteiger partial charge in [0, 0.05) is 38.4 Å². The van der Waals surface area contributed by atoms with Gasteiger partial charge in [-0.05, 0) is 31.9 Å². The average Bonchev–Trinajstić information content (AvgIpc) is 3.04. The Kier molecular flexibility index (Phi) is 8.60. The Morgan fingerprint density at radius 2 is 1.91 bits per heavy atom. The van der Waals surface area contributed by atoms with Crippen LogP contribution in [0.2, 0.25) is 0 Å². The van der Waals surface area contributed by atoms with Crippen LogP contribution >= 0.6 is 24.0 Å². The van der Waals surface area contributed by atoms with Crippen molar-refractivity contribution in [2.75, 3.05) is 25.5 Å². The Hall–Kier alpha value is -0.980. The number of nitrogens with zero attached hydrogens (tertiary/aromatic N) is 2. The lowest BCUT2D eigenvalue weighted by atomic mass is 10.2. The second kappa shape index (κ2) is 9.92. The maximum Gasteiger partial charge on any atom is 0.191 e. The number of aliphatic imine (C=N–C) groups is 1. The molecular weight excluding hydrogens is 387 g/mol. The minimum absolute atomic E-state index is 0. The van der Waals surface area contributed by atoms with E-state index in [-0.39, 0.29) is 24.0 Å². The number of hydrogen-bond acceptors (Lipinski definition) is 2. The van der Waals surface area contributed by atoms with E-state index in [4.69, 9.17) is 0 Å². The van der Waals surface area contributed by atoms with E-state index in [1.165, 1.54) is 31.4 Å². The maximum absolute atomic E-state index is 4.33. The van der Waals surface area contributed by atoms with Crippen LogP contribution in [0, 0.1) is 0 Å². The van der Waals surface area contributed by atoms with E-state index in [0.29, 0.717) is 12.1 Å². The van der Waals surface area contributed by atoms with Crippen molar-refractivity contribution in [2.24, 2.45) is 4.99 Å². The topological polar surface area (TPSA) is 39.7 Å². The molecule has 0 saturated heterocycles. The summed E-state index contributed by atoms with van der Waals surface area (Å²) in [5.74, 6) is 0.926. The van der Waals surface area contributed by atoms with E-state index in [2.05, 4.69) is 58.8 Å². The molecule has 124 valence electrons. The highest BCUT2D eigenvalue weighted by atomic mass is 127. The lowest BCUT2D eigenvalue weighted by Gasteiger charge is -2.28. The number of guanidine groups is 1. The largest absolute Gasteiger partial charge is 0.370 e. The molecule has 0 heterocycles. The predicted molar refractivity (Wildman–Crippen MR) is 106 cm³/mol. The van der Waals surface area contributed by atoms with Crippen LogP contribution in [0.15, 0.2) is 35.3 Å². The van der Waals surface area contributed by atoms with Crippen molar-refractivity contribution in [3.05, 3.63) is 30.3 Å². The van der Waals surface area contributed by atoms with Crippen LogP contribution in [-0.2, 0) is 0 Å². The second-order valence-electron chi connectivity index (χ2n) is 5.87. The van der Waals surface area contributed by atoms with Crippen molar-refractivity contribution in [3.8, 4) is 0 Å². The molecule has 0 aromatic heterocycles. The molecule has 0 bridgehead atoms. The van der Waals surface area contributed by atoms with E-state index in [1.54, 1.807) is 0 Å². The lowest BCUT2D eigenvalue weighted by molar-refractivity contribution is 0.597. The summed E-state index contributed by atoms with van der Waals surface area (Å²) in [5, 5.41) is 6.96. The van der Waals surface area contributed by atoms with Gasteiger partial charge in [-0.25, -0.2) is 0 Å². The van der Waals surface area contributed by atoms with Gasteiger partial charge in [0.1, 0.15) is 0 Å². The normalized spacial score (nSPS) is 16.8. The Morgan fingerprint density at radius 3 is 2.50 bits per heavy atom. The Labute approximate surface area is 151 Å². The van der Waals surface area contributed by atoms with Gasteiger partial charge in [0.2, 0.25) is 0 Å². The van der Waals surface area contributed by atoms with Crippen LogP contribution in [0.5, 0.6) is 0 Å². The molecule has 22 heavy (non-hydrogen) atoms. The molecule has 0 spiro atoms. The molecule has 0 amide bonds. The van der Waals surface area contributed by atoms with E-state index in [9.17, 15) is 0 Å². The van der Waals surface area contributed by atoms with Crippen molar-refractivity contribution in [3.63, 3.8) is 0 Å². The first-order chi connectivity index (χ1) is 10.2. The molecule has 1 fully saturated rings. The third kappa shape index (κ3) is 5.66. The van der Waals surface area contributed by atoms with Crippen molar-refractivity contribution < 1.29 is 0 Å². The number of anilines is 1. The van der Waals surface area contributed by atoms with Crippen molar-refractivity contribution >= 4 is 35.6 Å². The maximum atomic E-state index is 4.33. The molecule has 2 rings (SSSR count).